The number of thiophene rings is 1. The third-order valence-electron chi connectivity index (χ3n) is 3.45. The molecule has 1 atom stereocenters. The van der Waals surface area contributed by atoms with Gasteiger partial charge in [-0.05, 0) is 49.2 Å². The Morgan fingerprint density at radius 1 is 1.20 bits per heavy atom. The van der Waals surface area contributed by atoms with E-state index in [1.807, 2.05) is 18.3 Å². The number of hydrogen-bond donors (Lipinski definition) is 1. The van der Waals surface area contributed by atoms with Gasteiger partial charge in [-0.25, -0.2) is 0 Å². The standard InChI is InChI=1S/C17H22ClNS/c1-4-6-15(19-5-2)17-10-9-16(20-17)13-8-7-12(3)14(18)11-13/h7-11,15,19H,4-6H2,1-3H3. The van der Waals surface area contributed by atoms with Crippen LogP contribution < -0.4 is 5.32 Å². The molecule has 0 saturated heterocycles. The average molecular weight is 308 g/mol. The Morgan fingerprint density at radius 3 is 2.65 bits per heavy atom. The monoisotopic (exact) mass is 307 g/mol. The van der Waals surface area contributed by atoms with Crippen molar-refractivity contribution in [2.75, 3.05) is 6.54 Å². The minimum atomic E-state index is 0.477. The van der Waals surface area contributed by atoms with E-state index in [0.29, 0.717) is 6.04 Å². The number of hydrogen-bond acceptors (Lipinski definition) is 2. The van der Waals surface area contributed by atoms with Crippen LogP contribution in [0.15, 0.2) is 30.3 Å². The molecule has 1 N–H and O–H groups in total. The van der Waals surface area contributed by atoms with E-state index < -0.39 is 0 Å². The Labute approximate surface area is 131 Å². The molecule has 0 amide bonds. The lowest BCUT2D eigenvalue weighted by molar-refractivity contribution is 0.516. The molecule has 0 aliphatic rings. The maximum absolute atomic E-state index is 6.22. The van der Waals surface area contributed by atoms with Crippen molar-refractivity contribution in [2.24, 2.45) is 0 Å². The van der Waals surface area contributed by atoms with E-state index in [1.54, 1.807) is 0 Å². The first-order valence-corrected chi connectivity index (χ1v) is 8.44. The second-order valence-electron chi connectivity index (χ2n) is 5.06. The van der Waals surface area contributed by atoms with Gasteiger partial charge in [-0.15, -0.1) is 11.3 Å². The van der Waals surface area contributed by atoms with Crippen LogP contribution in [0.25, 0.3) is 10.4 Å². The molecule has 0 spiro atoms. The van der Waals surface area contributed by atoms with Crippen molar-refractivity contribution in [2.45, 2.75) is 39.7 Å². The van der Waals surface area contributed by atoms with E-state index in [-0.39, 0.29) is 0 Å². The van der Waals surface area contributed by atoms with Gasteiger partial charge in [0.2, 0.25) is 0 Å². The lowest BCUT2D eigenvalue weighted by atomic mass is 10.1. The van der Waals surface area contributed by atoms with Crippen LogP contribution in [0.2, 0.25) is 5.02 Å². The summed E-state index contributed by atoms with van der Waals surface area (Å²) in [5.41, 5.74) is 2.34. The normalized spacial score (nSPS) is 12.6. The second kappa shape index (κ2) is 7.26. The lowest BCUT2D eigenvalue weighted by Gasteiger charge is -2.15. The predicted molar refractivity (Wildman–Crippen MR) is 90.8 cm³/mol. The SMILES string of the molecule is CCCC(NCC)c1ccc(-c2ccc(C)c(Cl)c2)s1. The van der Waals surface area contributed by atoms with Crippen LogP contribution in [-0.4, -0.2) is 6.54 Å². The highest BCUT2D eigenvalue weighted by molar-refractivity contribution is 7.15. The molecule has 0 aliphatic heterocycles. The minimum absolute atomic E-state index is 0.477. The van der Waals surface area contributed by atoms with Crippen molar-refractivity contribution in [3.8, 4) is 10.4 Å². The summed E-state index contributed by atoms with van der Waals surface area (Å²) in [6.07, 6.45) is 2.38. The number of nitrogens with one attached hydrogen (secondary N) is 1. The molecule has 3 heteroatoms. The Bertz CT molecular complexity index is 556. The van der Waals surface area contributed by atoms with Crippen molar-refractivity contribution in [3.63, 3.8) is 0 Å². The van der Waals surface area contributed by atoms with Crippen LogP contribution in [-0.2, 0) is 0 Å². The van der Waals surface area contributed by atoms with E-state index in [9.17, 15) is 0 Å². The summed E-state index contributed by atoms with van der Waals surface area (Å²) in [5.74, 6) is 0. The van der Waals surface area contributed by atoms with Crippen molar-refractivity contribution >= 4 is 22.9 Å². The highest BCUT2D eigenvalue weighted by Gasteiger charge is 2.13. The molecule has 0 radical (unpaired) electrons. The van der Waals surface area contributed by atoms with Gasteiger partial charge < -0.3 is 5.32 Å². The average Bonchev–Trinajstić information content (AvgIpc) is 2.91. The molecule has 20 heavy (non-hydrogen) atoms. The summed E-state index contributed by atoms with van der Waals surface area (Å²) in [6.45, 7) is 7.44. The van der Waals surface area contributed by atoms with Crippen LogP contribution in [0, 0.1) is 6.92 Å². The molecule has 108 valence electrons. The van der Waals surface area contributed by atoms with Crippen molar-refractivity contribution < 1.29 is 0 Å². The first kappa shape index (κ1) is 15.6. The smallest absolute Gasteiger partial charge is 0.0441 e. The van der Waals surface area contributed by atoms with Gasteiger partial charge in [-0.2, -0.15) is 0 Å². The van der Waals surface area contributed by atoms with E-state index >= 15 is 0 Å². The van der Waals surface area contributed by atoms with Gasteiger partial charge in [0.05, 0.1) is 0 Å². The van der Waals surface area contributed by atoms with Crippen molar-refractivity contribution in [3.05, 3.63) is 45.8 Å². The summed E-state index contributed by atoms with van der Waals surface area (Å²) >= 11 is 8.09. The van der Waals surface area contributed by atoms with Crippen LogP contribution in [0.1, 0.15) is 43.2 Å². The summed E-state index contributed by atoms with van der Waals surface area (Å²) in [5, 5.41) is 4.41. The maximum atomic E-state index is 6.22. The summed E-state index contributed by atoms with van der Waals surface area (Å²) in [4.78, 5) is 2.71. The van der Waals surface area contributed by atoms with Gasteiger partial charge in [-0.1, -0.05) is 44.0 Å². The zero-order valence-corrected chi connectivity index (χ0v) is 13.9. The molecular weight excluding hydrogens is 286 g/mol. The Morgan fingerprint density at radius 2 is 2.00 bits per heavy atom. The van der Waals surface area contributed by atoms with Gasteiger partial charge in [0.1, 0.15) is 0 Å². The van der Waals surface area contributed by atoms with Gasteiger partial charge in [0.15, 0.2) is 0 Å². The first-order chi connectivity index (χ1) is 9.65. The fourth-order valence-corrected chi connectivity index (χ4v) is 3.62. The third kappa shape index (κ3) is 3.63. The highest BCUT2D eigenvalue weighted by Crippen LogP contribution is 2.34. The highest BCUT2D eigenvalue weighted by atomic mass is 35.5. The molecule has 1 aromatic carbocycles. The molecule has 0 saturated carbocycles. The zero-order chi connectivity index (χ0) is 14.5. The van der Waals surface area contributed by atoms with E-state index in [4.69, 9.17) is 11.6 Å². The number of aryl methyl sites for hydroxylation is 1. The molecule has 2 rings (SSSR count). The van der Waals surface area contributed by atoms with Gasteiger partial charge >= 0.3 is 0 Å². The van der Waals surface area contributed by atoms with Crippen LogP contribution >= 0.6 is 22.9 Å². The van der Waals surface area contributed by atoms with E-state index in [0.717, 1.165) is 17.1 Å². The van der Waals surface area contributed by atoms with E-state index in [1.165, 1.54) is 28.2 Å². The summed E-state index contributed by atoms with van der Waals surface area (Å²) in [7, 11) is 0. The quantitative estimate of drug-likeness (QED) is 0.708. The number of rotatable bonds is 6. The molecule has 0 bridgehead atoms. The molecule has 1 unspecified atom stereocenters. The third-order valence-corrected chi connectivity index (χ3v) is 5.11. The Balaban J connectivity index is 2.24. The predicted octanol–water partition coefficient (Wildman–Crippen LogP) is 5.83. The minimum Gasteiger partial charge on any atom is -0.310 e. The Hall–Kier alpha value is -0.830. The largest absolute Gasteiger partial charge is 0.310 e. The molecular formula is C17H22ClNS. The number of benzene rings is 1. The van der Waals surface area contributed by atoms with Gasteiger partial charge in [0.25, 0.3) is 0 Å². The molecule has 1 heterocycles. The Kier molecular flexibility index (Phi) is 5.64. The first-order valence-electron chi connectivity index (χ1n) is 7.25. The molecule has 0 aliphatic carbocycles. The maximum Gasteiger partial charge on any atom is 0.0441 e. The summed E-state index contributed by atoms with van der Waals surface area (Å²) in [6, 6.07) is 11.2. The van der Waals surface area contributed by atoms with Crippen molar-refractivity contribution in [1.82, 2.24) is 5.32 Å². The summed E-state index contributed by atoms with van der Waals surface area (Å²) < 4.78 is 0. The lowest BCUT2D eigenvalue weighted by Crippen LogP contribution is -2.19. The van der Waals surface area contributed by atoms with Gasteiger partial charge in [0, 0.05) is 20.8 Å². The number of halogens is 1. The van der Waals surface area contributed by atoms with E-state index in [2.05, 4.69) is 49.5 Å². The molecule has 0 fully saturated rings. The topological polar surface area (TPSA) is 12.0 Å². The molecule has 1 aromatic heterocycles. The van der Waals surface area contributed by atoms with Crippen LogP contribution in [0.3, 0.4) is 0 Å². The zero-order valence-electron chi connectivity index (χ0n) is 12.4. The van der Waals surface area contributed by atoms with Crippen LogP contribution in [0.4, 0.5) is 0 Å². The van der Waals surface area contributed by atoms with Gasteiger partial charge in [-0.3, -0.25) is 0 Å². The fraction of sp³-hybridized carbons (Fsp3) is 0.412. The van der Waals surface area contributed by atoms with Crippen molar-refractivity contribution in [1.29, 1.82) is 0 Å². The fourth-order valence-electron chi connectivity index (χ4n) is 2.32. The second-order valence-corrected chi connectivity index (χ2v) is 6.59. The molecule has 2 aromatic rings. The molecule has 1 nitrogen and oxygen atoms in total. The van der Waals surface area contributed by atoms with Crippen LogP contribution in [0.5, 0.6) is 0 Å².